The van der Waals surface area contributed by atoms with Crippen molar-refractivity contribution in [2.45, 2.75) is 19.8 Å². The number of carbonyl (C=O) groups is 1. The monoisotopic (exact) mass is 268 g/mol. The fourth-order valence-electron chi connectivity index (χ4n) is 1.94. The number of carbonyl (C=O) groups excluding carboxylic acids is 1. The molecule has 0 bridgehead atoms. The highest BCUT2D eigenvalue weighted by Gasteiger charge is 2.11. The molecular formula is C17H20N2O. The van der Waals surface area contributed by atoms with Crippen LogP contribution in [0.2, 0.25) is 0 Å². The Hall–Kier alpha value is -2.29. The van der Waals surface area contributed by atoms with Crippen LogP contribution >= 0.6 is 0 Å². The molecular weight excluding hydrogens is 248 g/mol. The Kier molecular flexibility index (Phi) is 4.41. The molecule has 0 spiro atoms. The van der Waals surface area contributed by atoms with Crippen molar-refractivity contribution in [3.8, 4) is 0 Å². The smallest absolute Gasteiger partial charge is 0.308 e. The summed E-state index contributed by atoms with van der Waals surface area (Å²) in [4.78, 5) is 13.8. The van der Waals surface area contributed by atoms with Gasteiger partial charge in [0.2, 0.25) is 0 Å². The van der Waals surface area contributed by atoms with Gasteiger partial charge in [0.05, 0.1) is 0 Å². The van der Waals surface area contributed by atoms with Gasteiger partial charge in [0.25, 0.3) is 0 Å². The SMILES string of the molecule is CC(C)c1cccc(N(C)C(=O)Nc2ccccc2)c1. The van der Waals surface area contributed by atoms with Gasteiger partial charge in [-0.1, -0.05) is 44.2 Å². The predicted molar refractivity (Wildman–Crippen MR) is 84.4 cm³/mol. The Labute approximate surface area is 120 Å². The third-order valence-electron chi connectivity index (χ3n) is 3.25. The van der Waals surface area contributed by atoms with E-state index in [2.05, 4.69) is 31.3 Å². The minimum absolute atomic E-state index is 0.142. The number of nitrogens with one attached hydrogen (secondary N) is 1. The molecule has 20 heavy (non-hydrogen) atoms. The molecule has 2 aromatic carbocycles. The number of nitrogens with zero attached hydrogens (tertiary/aromatic N) is 1. The number of amides is 2. The van der Waals surface area contributed by atoms with Crippen molar-refractivity contribution >= 4 is 17.4 Å². The van der Waals surface area contributed by atoms with Crippen LogP contribution in [0.1, 0.15) is 25.3 Å². The quantitative estimate of drug-likeness (QED) is 0.874. The van der Waals surface area contributed by atoms with Crippen LogP contribution in [-0.2, 0) is 0 Å². The molecule has 0 unspecified atom stereocenters. The summed E-state index contributed by atoms with van der Waals surface area (Å²) in [5.74, 6) is 0.445. The molecule has 0 aliphatic carbocycles. The maximum absolute atomic E-state index is 12.2. The van der Waals surface area contributed by atoms with Gasteiger partial charge in [-0.3, -0.25) is 4.90 Å². The molecule has 0 aliphatic rings. The summed E-state index contributed by atoms with van der Waals surface area (Å²) in [6.45, 7) is 4.28. The first-order valence-electron chi connectivity index (χ1n) is 6.77. The van der Waals surface area contributed by atoms with E-state index < -0.39 is 0 Å². The second-order valence-corrected chi connectivity index (χ2v) is 5.10. The van der Waals surface area contributed by atoms with Gasteiger partial charge >= 0.3 is 6.03 Å². The fraction of sp³-hybridized carbons (Fsp3) is 0.235. The summed E-state index contributed by atoms with van der Waals surface area (Å²) in [5.41, 5.74) is 2.91. The maximum Gasteiger partial charge on any atom is 0.326 e. The molecule has 2 amide bonds. The van der Waals surface area contributed by atoms with E-state index in [0.29, 0.717) is 5.92 Å². The third kappa shape index (κ3) is 3.38. The van der Waals surface area contributed by atoms with Crippen LogP contribution in [0.5, 0.6) is 0 Å². The number of rotatable bonds is 3. The van der Waals surface area contributed by atoms with E-state index in [0.717, 1.165) is 11.4 Å². The minimum atomic E-state index is -0.142. The Bertz CT molecular complexity index is 579. The van der Waals surface area contributed by atoms with Gasteiger partial charge < -0.3 is 5.32 Å². The van der Waals surface area contributed by atoms with Gasteiger partial charge in [0.15, 0.2) is 0 Å². The lowest BCUT2D eigenvalue weighted by atomic mass is 10.0. The molecule has 0 aliphatic heterocycles. The summed E-state index contributed by atoms with van der Waals surface area (Å²) in [5, 5.41) is 2.88. The van der Waals surface area contributed by atoms with Crippen molar-refractivity contribution in [3.05, 3.63) is 60.2 Å². The Morgan fingerprint density at radius 1 is 1.05 bits per heavy atom. The van der Waals surface area contributed by atoms with E-state index in [1.165, 1.54) is 5.56 Å². The zero-order valence-corrected chi connectivity index (χ0v) is 12.1. The minimum Gasteiger partial charge on any atom is -0.308 e. The van der Waals surface area contributed by atoms with Gasteiger partial charge in [0, 0.05) is 18.4 Å². The van der Waals surface area contributed by atoms with Crippen LogP contribution < -0.4 is 10.2 Å². The highest BCUT2D eigenvalue weighted by Crippen LogP contribution is 2.21. The van der Waals surface area contributed by atoms with Crippen LogP contribution in [-0.4, -0.2) is 13.1 Å². The average molecular weight is 268 g/mol. The number of para-hydroxylation sites is 1. The zero-order chi connectivity index (χ0) is 14.5. The molecule has 1 N–H and O–H groups in total. The topological polar surface area (TPSA) is 32.3 Å². The first-order chi connectivity index (χ1) is 9.58. The van der Waals surface area contributed by atoms with Crippen molar-refractivity contribution in [1.29, 1.82) is 0 Å². The molecule has 2 rings (SSSR count). The number of hydrogen-bond acceptors (Lipinski definition) is 1. The maximum atomic E-state index is 12.2. The summed E-state index contributed by atoms with van der Waals surface area (Å²) in [7, 11) is 1.78. The second kappa shape index (κ2) is 6.24. The lowest BCUT2D eigenvalue weighted by molar-refractivity contribution is 0.258. The first-order valence-corrected chi connectivity index (χ1v) is 6.77. The van der Waals surface area contributed by atoms with E-state index in [-0.39, 0.29) is 6.03 Å². The zero-order valence-electron chi connectivity index (χ0n) is 12.1. The van der Waals surface area contributed by atoms with Gasteiger partial charge in [0.1, 0.15) is 0 Å². The fourth-order valence-corrected chi connectivity index (χ4v) is 1.94. The standard InChI is InChI=1S/C17H20N2O/c1-13(2)14-8-7-11-16(12-14)19(3)17(20)18-15-9-5-4-6-10-15/h4-13H,1-3H3,(H,18,20). The molecule has 0 atom stereocenters. The van der Waals surface area contributed by atoms with Crippen LogP contribution in [0.3, 0.4) is 0 Å². The van der Waals surface area contributed by atoms with Crippen molar-refractivity contribution < 1.29 is 4.79 Å². The molecule has 0 heterocycles. The number of benzene rings is 2. The Morgan fingerprint density at radius 2 is 1.75 bits per heavy atom. The van der Waals surface area contributed by atoms with E-state index in [1.807, 2.05) is 42.5 Å². The van der Waals surface area contributed by atoms with Crippen molar-refractivity contribution in [2.24, 2.45) is 0 Å². The predicted octanol–water partition coefficient (Wildman–Crippen LogP) is 4.48. The van der Waals surface area contributed by atoms with Crippen molar-refractivity contribution in [3.63, 3.8) is 0 Å². The molecule has 2 aromatic rings. The summed E-state index contributed by atoms with van der Waals surface area (Å²) < 4.78 is 0. The van der Waals surface area contributed by atoms with E-state index in [4.69, 9.17) is 0 Å². The largest absolute Gasteiger partial charge is 0.326 e. The van der Waals surface area contributed by atoms with E-state index in [9.17, 15) is 4.79 Å². The van der Waals surface area contributed by atoms with Crippen molar-refractivity contribution in [2.75, 3.05) is 17.3 Å². The lowest BCUT2D eigenvalue weighted by Crippen LogP contribution is -2.31. The van der Waals surface area contributed by atoms with Crippen LogP contribution in [0.25, 0.3) is 0 Å². The molecule has 104 valence electrons. The molecule has 0 saturated heterocycles. The van der Waals surface area contributed by atoms with Crippen LogP contribution in [0.15, 0.2) is 54.6 Å². The Morgan fingerprint density at radius 3 is 2.40 bits per heavy atom. The van der Waals surface area contributed by atoms with Gasteiger partial charge in [-0.15, -0.1) is 0 Å². The van der Waals surface area contributed by atoms with Crippen LogP contribution in [0, 0.1) is 0 Å². The van der Waals surface area contributed by atoms with E-state index >= 15 is 0 Å². The highest BCUT2D eigenvalue weighted by atomic mass is 16.2. The molecule has 3 heteroatoms. The Balaban J connectivity index is 2.12. The van der Waals surface area contributed by atoms with E-state index in [1.54, 1.807) is 11.9 Å². The normalized spacial score (nSPS) is 10.4. The average Bonchev–Trinajstić information content (AvgIpc) is 2.47. The lowest BCUT2D eigenvalue weighted by Gasteiger charge is -2.19. The molecule has 0 fully saturated rings. The molecule has 3 nitrogen and oxygen atoms in total. The number of hydrogen-bond donors (Lipinski definition) is 1. The molecule has 0 aromatic heterocycles. The molecule has 0 radical (unpaired) electrons. The number of anilines is 2. The first kappa shape index (κ1) is 14.1. The summed E-state index contributed by atoms with van der Waals surface area (Å²) >= 11 is 0. The van der Waals surface area contributed by atoms with Gasteiger partial charge in [-0.25, -0.2) is 4.79 Å². The second-order valence-electron chi connectivity index (χ2n) is 5.10. The van der Waals surface area contributed by atoms with Crippen molar-refractivity contribution in [1.82, 2.24) is 0 Å². The summed E-state index contributed by atoms with van der Waals surface area (Å²) in [6.07, 6.45) is 0. The van der Waals surface area contributed by atoms with Gasteiger partial charge in [-0.05, 0) is 35.7 Å². The van der Waals surface area contributed by atoms with Gasteiger partial charge in [-0.2, -0.15) is 0 Å². The van der Waals surface area contributed by atoms with Crippen LogP contribution in [0.4, 0.5) is 16.2 Å². The molecule has 0 saturated carbocycles. The third-order valence-corrected chi connectivity index (χ3v) is 3.25. The number of urea groups is 1. The highest BCUT2D eigenvalue weighted by molar-refractivity contribution is 6.01. The summed E-state index contributed by atoms with van der Waals surface area (Å²) in [6, 6.07) is 17.4.